The van der Waals surface area contributed by atoms with Gasteiger partial charge in [-0.2, -0.15) is 11.8 Å². The van der Waals surface area contributed by atoms with E-state index in [-0.39, 0.29) is 6.42 Å². The van der Waals surface area contributed by atoms with Gasteiger partial charge in [-0.3, -0.25) is 14.4 Å². The highest BCUT2D eigenvalue weighted by molar-refractivity contribution is 7.98. The van der Waals surface area contributed by atoms with E-state index in [4.69, 9.17) is 10.2 Å². The van der Waals surface area contributed by atoms with Crippen molar-refractivity contribution in [3.8, 4) is 0 Å². The quantitative estimate of drug-likeness (QED) is 0.442. The summed E-state index contributed by atoms with van der Waals surface area (Å²) in [5, 5.41) is 22.1. The minimum absolute atomic E-state index is 0.210. The van der Waals surface area contributed by atoms with Gasteiger partial charge in [-0.05, 0) is 18.4 Å². The third-order valence-electron chi connectivity index (χ3n) is 2.30. The van der Waals surface area contributed by atoms with Crippen molar-refractivity contribution in [1.82, 2.24) is 10.6 Å². The van der Waals surface area contributed by atoms with Crippen LogP contribution in [0.3, 0.4) is 0 Å². The highest BCUT2D eigenvalue weighted by Gasteiger charge is 2.27. The second-order valence-electron chi connectivity index (χ2n) is 4.03. The number of rotatable bonds is 9. The molecule has 0 aliphatic rings. The topological polar surface area (TPSA) is 133 Å². The summed E-state index contributed by atoms with van der Waals surface area (Å²) in [6.07, 6.45) is 1.40. The Morgan fingerprint density at radius 1 is 1.10 bits per heavy atom. The lowest BCUT2D eigenvalue weighted by Crippen LogP contribution is -2.52. The number of nitrogens with one attached hydrogen (secondary N) is 2. The average Bonchev–Trinajstić information content (AvgIpc) is 2.31. The molecule has 0 spiro atoms. The number of hydrogen-bond acceptors (Lipinski definition) is 5. The Balaban J connectivity index is 4.72. The Morgan fingerprint density at radius 3 is 2.10 bits per heavy atom. The number of aliphatic carboxylic acids is 2. The van der Waals surface area contributed by atoms with Gasteiger partial charge in [0.2, 0.25) is 11.8 Å². The van der Waals surface area contributed by atoms with Crippen molar-refractivity contribution >= 4 is 35.5 Å². The van der Waals surface area contributed by atoms with Crippen molar-refractivity contribution in [2.24, 2.45) is 0 Å². The summed E-state index contributed by atoms with van der Waals surface area (Å²) < 4.78 is 0. The van der Waals surface area contributed by atoms with E-state index in [2.05, 4.69) is 10.6 Å². The first-order valence-electron chi connectivity index (χ1n) is 5.79. The third-order valence-corrected chi connectivity index (χ3v) is 2.94. The van der Waals surface area contributed by atoms with Crippen molar-refractivity contribution in [1.29, 1.82) is 0 Å². The Kier molecular flexibility index (Phi) is 8.37. The van der Waals surface area contributed by atoms with E-state index in [1.807, 2.05) is 0 Å². The summed E-state index contributed by atoms with van der Waals surface area (Å²) in [5.74, 6) is -3.33. The lowest BCUT2D eigenvalue weighted by atomic mass is 10.1. The summed E-state index contributed by atoms with van der Waals surface area (Å²) in [4.78, 5) is 44.4. The predicted molar refractivity (Wildman–Crippen MR) is 72.4 cm³/mol. The summed E-state index contributed by atoms with van der Waals surface area (Å²) >= 11 is 1.43. The van der Waals surface area contributed by atoms with Crippen LogP contribution in [0.2, 0.25) is 0 Å². The molecule has 2 atom stereocenters. The van der Waals surface area contributed by atoms with E-state index in [1.165, 1.54) is 11.8 Å². The number of carbonyl (C=O) groups is 4. The van der Waals surface area contributed by atoms with Crippen LogP contribution in [0.15, 0.2) is 0 Å². The minimum Gasteiger partial charge on any atom is -0.481 e. The molecule has 0 unspecified atom stereocenters. The zero-order chi connectivity index (χ0) is 15.7. The first-order valence-corrected chi connectivity index (χ1v) is 7.18. The van der Waals surface area contributed by atoms with Crippen LogP contribution in [0.4, 0.5) is 0 Å². The smallest absolute Gasteiger partial charge is 0.326 e. The molecule has 0 aromatic rings. The maximum absolute atomic E-state index is 11.8. The number of amides is 2. The lowest BCUT2D eigenvalue weighted by Gasteiger charge is -2.19. The molecular formula is C11H18N2O6S. The van der Waals surface area contributed by atoms with Crippen LogP contribution in [0, 0.1) is 0 Å². The average molecular weight is 306 g/mol. The SMILES string of the molecule is CSCC[C@H](NC(=O)[C@H](CC(=O)O)NC(C)=O)C(=O)O. The van der Waals surface area contributed by atoms with Gasteiger partial charge in [-0.1, -0.05) is 0 Å². The fourth-order valence-corrected chi connectivity index (χ4v) is 1.87. The Bertz CT molecular complexity index is 371. The number of carboxylic acid groups (broad SMARTS) is 2. The molecule has 0 aromatic carbocycles. The van der Waals surface area contributed by atoms with Crippen LogP contribution in [0.1, 0.15) is 19.8 Å². The van der Waals surface area contributed by atoms with Crippen molar-refractivity contribution in [2.75, 3.05) is 12.0 Å². The van der Waals surface area contributed by atoms with E-state index < -0.39 is 42.3 Å². The monoisotopic (exact) mass is 306 g/mol. The Hall–Kier alpha value is -1.77. The van der Waals surface area contributed by atoms with Gasteiger partial charge >= 0.3 is 11.9 Å². The molecule has 0 rings (SSSR count). The van der Waals surface area contributed by atoms with Gasteiger partial charge in [-0.25, -0.2) is 4.79 Å². The number of thioether (sulfide) groups is 1. The van der Waals surface area contributed by atoms with Crippen molar-refractivity contribution < 1.29 is 29.4 Å². The van der Waals surface area contributed by atoms with E-state index >= 15 is 0 Å². The van der Waals surface area contributed by atoms with Crippen LogP contribution in [-0.2, 0) is 19.2 Å². The van der Waals surface area contributed by atoms with Gasteiger partial charge in [0.25, 0.3) is 0 Å². The van der Waals surface area contributed by atoms with Gasteiger partial charge in [0.15, 0.2) is 0 Å². The number of carbonyl (C=O) groups excluding carboxylic acids is 2. The molecule has 4 N–H and O–H groups in total. The minimum atomic E-state index is -1.29. The fourth-order valence-electron chi connectivity index (χ4n) is 1.39. The zero-order valence-corrected chi connectivity index (χ0v) is 12.0. The molecule has 0 aliphatic heterocycles. The molecule has 0 fully saturated rings. The molecule has 0 aliphatic carbocycles. The number of carboxylic acids is 2. The van der Waals surface area contributed by atoms with Crippen LogP contribution < -0.4 is 10.6 Å². The lowest BCUT2D eigenvalue weighted by molar-refractivity contribution is -0.143. The summed E-state index contributed by atoms with van der Waals surface area (Å²) in [7, 11) is 0. The highest BCUT2D eigenvalue weighted by Crippen LogP contribution is 2.02. The zero-order valence-electron chi connectivity index (χ0n) is 11.2. The van der Waals surface area contributed by atoms with Gasteiger partial charge in [-0.15, -0.1) is 0 Å². The molecule has 8 nitrogen and oxygen atoms in total. The second-order valence-corrected chi connectivity index (χ2v) is 5.02. The van der Waals surface area contributed by atoms with Crippen LogP contribution >= 0.6 is 11.8 Å². The maximum Gasteiger partial charge on any atom is 0.326 e. The van der Waals surface area contributed by atoms with Gasteiger partial charge in [0.1, 0.15) is 12.1 Å². The van der Waals surface area contributed by atoms with E-state index in [0.29, 0.717) is 5.75 Å². The van der Waals surface area contributed by atoms with Crippen molar-refractivity contribution in [2.45, 2.75) is 31.8 Å². The van der Waals surface area contributed by atoms with Crippen molar-refractivity contribution in [3.05, 3.63) is 0 Å². The summed E-state index contributed by atoms with van der Waals surface area (Å²) in [6, 6.07) is -2.40. The van der Waals surface area contributed by atoms with Gasteiger partial charge < -0.3 is 20.8 Å². The normalized spacial score (nSPS) is 13.1. The first kappa shape index (κ1) is 18.2. The maximum atomic E-state index is 11.8. The molecule has 0 aromatic heterocycles. The molecule has 9 heteroatoms. The highest BCUT2D eigenvalue weighted by atomic mass is 32.2. The molecular weight excluding hydrogens is 288 g/mol. The van der Waals surface area contributed by atoms with Crippen LogP contribution in [0.5, 0.6) is 0 Å². The van der Waals surface area contributed by atoms with Crippen LogP contribution in [0.25, 0.3) is 0 Å². The van der Waals surface area contributed by atoms with Crippen molar-refractivity contribution in [3.63, 3.8) is 0 Å². The molecule has 0 saturated carbocycles. The molecule has 0 heterocycles. The van der Waals surface area contributed by atoms with E-state index in [9.17, 15) is 19.2 Å². The Morgan fingerprint density at radius 2 is 1.70 bits per heavy atom. The van der Waals surface area contributed by atoms with E-state index in [0.717, 1.165) is 6.92 Å². The van der Waals surface area contributed by atoms with Gasteiger partial charge in [0.05, 0.1) is 6.42 Å². The van der Waals surface area contributed by atoms with Gasteiger partial charge in [0, 0.05) is 6.92 Å². The first-order chi connectivity index (χ1) is 9.27. The standard InChI is InChI=1S/C11H18N2O6S/c1-6(14)12-8(5-9(15)16)10(17)13-7(11(18)19)3-4-20-2/h7-8H,3-5H2,1-2H3,(H,12,14)(H,13,17)(H,15,16)(H,18,19)/t7-,8-/m0/s1. The second kappa shape index (κ2) is 9.18. The van der Waals surface area contributed by atoms with Crippen LogP contribution in [-0.4, -0.2) is 58.1 Å². The largest absolute Gasteiger partial charge is 0.481 e. The Labute approximate surface area is 120 Å². The predicted octanol–water partition coefficient (Wildman–Crippen LogP) is -0.712. The molecule has 0 saturated heterocycles. The van der Waals surface area contributed by atoms with E-state index in [1.54, 1.807) is 6.26 Å². The molecule has 114 valence electrons. The third kappa shape index (κ3) is 7.62. The molecule has 0 bridgehead atoms. The molecule has 2 amide bonds. The summed E-state index contributed by atoms with van der Waals surface area (Å²) in [6.45, 7) is 1.14. The fraction of sp³-hybridized carbons (Fsp3) is 0.636. The molecule has 0 radical (unpaired) electrons. The number of hydrogen-bond donors (Lipinski definition) is 4. The summed E-state index contributed by atoms with van der Waals surface area (Å²) in [5.41, 5.74) is 0. The molecule has 20 heavy (non-hydrogen) atoms.